The number of nitrogens with one attached hydrogen (secondary N) is 1. The Morgan fingerprint density at radius 2 is 2.21 bits per heavy atom. The molecule has 0 saturated carbocycles. The third kappa shape index (κ3) is 5.01. The number of esters is 1. The third-order valence-electron chi connectivity index (χ3n) is 5.91. The molecule has 3 rings (SSSR count). The van der Waals surface area contributed by atoms with Gasteiger partial charge in [-0.1, -0.05) is 13.3 Å². The highest BCUT2D eigenvalue weighted by Crippen LogP contribution is 2.43. The fourth-order valence-corrected chi connectivity index (χ4v) is 4.16. The van der Waals surface area contributed by atoms with Crippen molar-refractivity contribution in [3.8, 4) is 0 Å². The Morgan fingerprint density at radius 1 is 1.43 bits per heavy atom. The first-order valence-corrected chi connectivity index (χ1v) is 10.3. The van der Waals surface area contributed by atoms with Crippen LogP contribution in [0, 0.1) is 5.41 Å². The van der Waals surface area contributed by atoms with Gasteiger partial charge in [0.1, 0.15) is 6.10 Å². The maximum atomic E-state index is 12.6. The molecule has 2 fully saturated rings. The van der Waals surface area contributed by atoms with E-state index in [0.29, 0.717) is 25.9 Å². The van der Waals surface area contributed by atoms with Crippen molar-refractivity contribution < 1.29 is 14.3 Å². The third-order valence-corrected chi connectivity index (χ3v) is 5.91. The zero-order chi connectivity index (χ0) is 20.0. The normalized spacial score (nSPS) is 21.2. The molecule has 1 spiro atoms. The van der Waals surface area contributed by atoms with Crippen LogP contribution in [0.3, 0.4) is 0 Å². The van der Waals surface area contributed by atoms with Crippen LogP contribution in [-0.2, 0) is 14.3 Å². The Morgan fingerprint density at radius 3 is 2.89 bits per heavy atom. The summed E-state index contributed by atoms with van der Waals surface area (Å²) < 4.78 is 5.70. The van der Waals surface area contributed by atoms with Crippen molar-refractivity contribution in [1.29, 1.82) is 0 Å². The van der Waals surface area contributed by atoms with E-state index in [2.05, 4.69) is 29.2 Å². The zero-order valence-corrected chi connectivity index (χ0v) is 17.0. The summed E-state index contributed by atoms with van der Waals surface area (Å²) in [6, 6.07) is 3.72. The molecule has 7 heteroatoms. The van der Waals surface area contributed by atoms with Gasteiger partial charge in [0.25, 0.3) is 0 Å². The van der Waals surface area contributed by atoms with Crippen LogP contribution in [0.25, 0.3) is 0 Å². The lowest BCUT2D eigenvalue weighted by atomic mass is 9.76. The first-order chi connectivity index (χ1) is 13.5. The molecule has 0 aliphatic carbocycles. The van der Waals surface area contributed by atoms with Gasteiger partial charge in [-0.15, -0.1) is 0 Å². The first-order valence-electron chi connectivity index (χ1n) is 10.3. The first kappa shape index (κ1) is 20.6. The number of carbonyl (C=O) groups is 2. The van der Waals surface area contributed by atoms with Gasteiger partial charge in [0.15, 0.2) is 0 Å². The van der Waals surface area contributed by atoms with E-state index in [4.69, 9.17) is 4.74 Å². The van der Waals surface area contributed by atoms with E-state index in [1.165, 1.54) is 0 Å². The maximum absolute atomic E-state index is 12.6. The quantitative estimate of drug-likeness (QED) is 0.688. The highest BCUT2D eigenvalue weighted by Gasteiger charge is 2.50. The van der Waals surface area contributed by atoms with Crippen molar-refractivity contribution in [2.75, 3.05) is 45.1 Å². The number of likely N-dealkylation sites (N-methyl/N-ethyl adjacent to an activating group) is 1. The van der Waals surface area contributed by atoms with Crippen molar-refractivity contribution in [3.63, 3.8) is 0 Å². The molecule has 2 saturated heterocycles. The highest BCUT2D eigenvalue weighted by molar-refractivity contribution is 5.82. The van der Waals surface area contributed by atoms with Crippen LogP contribution in [0.15, 0.2) is 24.5 Å². The summed E-state index contributed by atoms with van der Waals surface area (Å²) in [5.74, 6) is -0.0112. The molecule has 0 radical (unpaired) electrons. The molecule has 1 unspecified atom stereocenters. The van der Waals surface area contributed by atoms with Crippen LogP contribution >= 0.6 is 0 Å². The van der Waals surface area contributed by atoms with Gasteiger partial charge in [-0.3, -0.25) is 14.6 Å². The summed E-state index contributed by atoms with van der Waals surface area (Å²) >= 11 is 0. The zero-order valence-electron chi connectivity index (χ0n) is 17.0. The Hall–Kier alpha value is -2.15. The topological polar surface area (TPSA) is 74.8 Å². The number of hydrogen-bond donors (Lipinski definition) is 1. The number of nitrogens with zero attached hydrogens (tertiary/aromatic N) is 3. The van der Waals surface area contributed by atoms with E-state index in [1.54, 1.807) is 12.4 Å². The van der Waals surface area contributed by atoms with Crippen LogP contribution in [0.4, 0.5) is 5.69 Å². The van der Waals surface area contributed by atoms with Crippen molar-refractivity contribution in [2.45, 2.75) is 45.1 Å². The van der Waals surface area contributed by atoms with Gasteiger partial charge in [-0.05, 0) is 45.0 Å². The van der Waals surface area contributed by atoms with Crippen molar-refractivity contribution in [1.82, 2.24) is 14.8 Å². The molecule has 7 nitrogen and oxygen atoms in total. The lowest BCUT2D eigenvalue weighted by Gasteiger charge is -2.36. The van der Waals surface area contributed by atoms with Crippen molar-refractivity contribution in [2.24, 2.45) is 5.41 Å². The molecule has 1 N–H and O–H groups in total. The number of ether oxygens (including phenoxy) is 1. The van der Waals surface area contributed by atoms with E-state index in [-0.39, 0.29) is 24.5 Å². The number of amides is 1. The number of unbranched alkanes of at least 4 members (excludes halogenated alkanes) is 1. The smallest absolute Gasteiger partial charge is 0.312 e. The Balaban J connectivity index is 1.46. The predicted octanol–water partition coefficient (Wildman–Crippen LogP) is 2.15. The van der Waals surface area contributed by atoms with Gasteiger partial charge >= 0.3 is 5.97 Å². The predicted molar refractivity (Wildman–Crippen MR) is 108 cm³/mol. The molecule has 3 heterocycles. The lowest BCUT2D eigenvalue weighted by Crippen LogP contribution is -2.46. The summed E-state index contributed by atoms with van der Waals surface area (Å²) in [7, 11) is 2.09. The molecule has 1 amide bonds. The van der Waals surface area contributed by atoms with Crippen LogP contribution in [0.2, 0.25) is 0 Å². The average molecular weight is 389 g/mol. The largest absolute Gasteiger partial charge is 0.461 e. The monoisotopic (exact) mass is 388 g/mol. The van der Waals surface area contributed by atoms with E-state index >= 15 is 0 Å². The summed E-state index contributed by atoms with van der Waals surface area (Å²) in [5, 5.41) is 3.11. The Bertz CT molecular complexity index is 659. The summed E-state index contributed by atoms with van der Waals surface area (Å²) in [6.45, 7) is 5.48. The molecule has 0 bridgehead atoms. The number of cyclic esters (lactones) is 1. The Labute approximate surface area is 167 Å². The molecule has 0 aromatic carbocycles. The number of carbonyl (C=O) groups excluding carboxylic acids is 2. The van der Waals surface area contributed by atoms with Gasteiger partial charge in [0, 0.05) is 38.4 Å². The number of aromatic nitrogens is 1. The molecule has 1 aromatic rings. The lowest BCUT2D eigenvalue weighted by molar-refractivity contribution is -0.152. The van der Waals surface area contributed by atoms with Crippen molar-refractivity contribution >= 4 is 17.6 Å². The summed E-state index contributed by atoms with van der Waals surface area (Å²) in [5.41, 5.74) is 0.433. The summed E-state index contributed by atoms with van der Waals surface area (Å²) in [6.07, 6.45) is 7.86. The number of pyridine rings is 1. The fourth-order valence-electron chi connectivity index (χ4n) is 4.16. The van der Waals surface area contributed by atoms with E-state index in [0.717, 1.165) is 38.0 Å². The molecule has 2 aliphatic rings. The van der Waals surface area contributed by atoms with Crippen LogP contribution in [0.1, 0.15) is 39.0 Å². The fraction of sp³-hybridized carbons (Fsp3) is 0.667. The van der Waals surface area contributed by atoms with Crippen LogP contribution in [-0.4, -0.2) is 72.5 Å². The number of hydrogen-bond acceptors (Lipinski definition) is 6. The second kappa shape index (κ2) is 9.37. The molecule has 2 aliphatic heterocycles. The van der Waals surface area contributed by atoms with Crippen molar-refractivity contribution in [3.05, 3.63) is 24.5 Å². The highest BCUT2D eigenvalue weighted by atomic mass is 16.6. The van der Waals surface area contributed by atoms with Gasteiger partial charge in [-0.2, -0.15) is 0 Å². The minimum atomic E-state index is -0.399. The van der Waals surface area contributed by atoms with Gasteiger partial charge in [0.2, 0.25) is 5.91 Å². The van der Waals surface area contributed by atoms with E-state index < -0.39 is 5.41 Å². The number of rotatable bonds is 8. The molecule has 1 atom stereocenters. The average Bonchev–Trinajstić information content (AvgIpc) is 3.00. The minimum absolute atomic E-state index is 0.0242. The Kier molecular flexibility index (Phi) is 6.88. The standard InChI is InChI=1S/C21H32N4O3/c1-3-4-10-24(2)16-18-13-21(20(27)28-18)7-11-25(12-8-21)19(26)15-23-17-6-5-9-22-14-17/h5-6,9,14,18,23H,3-4,7-8,10-13,15-16H2,1-2H3. The molecular weight excluding hydrogens is 356 g/mol. The van der Waals surface area contributed by atoms with Crippen LogP contribution in [0.5, 0.6) is 0 Å². The van der Waals surface area contributed by atoms with Crippen LogP contribution < -0.4 is 5.32 Å². The molecule has 28 heavy (non-hydrogen) atoms. The summed E-state index contributed by atoms with van der Waals surface area (Å²) in [4.78, 5) is 33.2. The second-order valence-corrected chi connectivity index (χ2v) is 8.10. The minimum Gasteiger partial charge on any atom is -0.461 e. The molecular formula is C21H32N4O3. The molecule has 154 valence electrons. The van der Waals surface area contributed by atoms with Gasteiger partial charge < -0.3 is 19.9 Å². The van der Waals surface area contributed by atoms with Gasteiger partial charge in [0.05, 0.1) is 17.6 Å². The SMILES string of the molecule is CCCCN(C)CC1CC2(CCN(C(=O)CNc3cccnc3)CC2)C(=O)O1. The number of likely N-dealkylation sites (tertiary alicyclic amines) is 1. The number of piperidine rings is 1. The van der Waals surface area contributed by atoms with Gasteiger partial charge in [-0.25, -0.2) is 0 Å². The maximum Gasteiger partial charge on any atom is 0.312 e. The molecule has 1 aromatic heterocycles. The number of anilines is 1. The van der Waals surface area contributed by atoms with E-state index in [1.807, 2.05) is 17.0 Å². The van der Waals surface area contributed by atoms with E-state index in [9.17, 15) is 9.59 Å². The second-order valence-electron chi connectivity index (χ2n) is 8.10.